The third kappa shape index (κ3) is 3.76. The highest BCUT2D eigenvalue weighted by Gasteiger charge is 1.93. The van der Waals surface area contributed by atoms with Crippen LogP contribution in [0.15, 0.2) is 12.1 Å². The minimum Gasteiger partial charge on any atom is -0.384 e. The van der Waals surface area contributed by atoms with Crippen LogP contribution < -0.4 is 11.5 Å². The summed E-state index contributed by atoms with van der Waals surface area (Å²) in [5.41, 5.74) is 12.8. The van der Waals surface area contributed by atoms with Gasteiger partial charge in [-0.15, -0.1) is 24.8 Å². The van der Waals surface area contributed by atoms with Crippen LogP contribution in [-0.4, -0.2) is 4.98 Å². The molecular formula is C7H13Cl2N3. The molecular weight excluding hydrogens is 197 g/mol. The van der Waals surface area contributed by atoms with Crippen molar-refractivity contribution in [1.82, 2.24) is 4.98 Å². The van der Waals surface area contributed by atoms with Gasteiger partial charge < -0.3 is 11.5 Å². The zero-order valence-corrected chi connectivity index (χ0v) is 8.41. The van der Waals surface area contributed by atoms with E-state index in [4.69, 9.17) is 11.5 Å². The van der Waals surface area contributed by atoms with Gasteiger partial charge in [0.25, 0.3) is 0 Å². The van der Waals surface area contributed by atoms with Crippen molar-refractivity contribution in [2.75, 3.05) is 5.73 Å². The molecule has 5 heteroatoms. The molecule has 0 saturated carbocycles. The SMILES string of the molecule is Cc1cc(N)nc(CN)c1.Cl.Cl. The van der Waals surface area contributed by atoms with Gasteiger partial charge in [-0.1, -0.05) is 0 Å². The highest BCUT2D eigenvalue weighted by molar-refractivity contribution is 5.85. The lowest BCUT2D eigenvalue weighted by atomic mass is 10.2. The first-order chi connectivity index (χ1) is 4.72. The molecule has 0 aromatic carbocycles. The molecule has 0 aliphatic rings. The summed E-state index contributed by atoms with van der Waals surface area (Å²) in [5, 5.41) is 0. The van der Waals surface area contributed by atoms with Crippen molar-refractivity contribution in [2.24, 2.45) is 5.73 Å². The second kappa shape index (κ2) is 6.06. The Hall–Kier alpha value is -0.510. The average molecular weight is 210 g/mol. The molecule has 0 unspecified atom stereocenters. The van der Waals surface area contributed by atoms with E-state index in [1.807, 2.05) is 19.1 Å². The van der Waals surface area contributed by atoms with Crippen LogP contribution in [0, 0.1) is 6.92 Å². The lowest BCUT2D eigenvalue weighted by molar-refractivity contribution is 0.989. The first-order valence-corrected chi connectivity index (χ1v) is 3.15. The summed E-state index contributed by atoms with van der Waals surface area (Å²) in [6.07, 6.45) is 0. The number of halogens is 2. The summed E-state index contributed by atoms with van der Waals surface area (Å²) in [4.78, 5) is 4.01. The van der Waals surface area contributed by atoms with Crippen LogP contribution in [0.1, 0.15) is 11.3 Å². The van der Waals surface area contributed by atoms with Crippen molar-refractivity contribution in [1.29, 1.82) is 0 Å². The van der Waals surface area contributed by atoms with Gasteiger partial charge >= 0.3 is 0 Å². The van der Waals surface area contributed by atoms with Gasteiger partial charge in [-0.3, -0.25) is 0 Å². The number of nitrogen functional groups attached to an aromatic ring is 1. The van der Waals surface area contributed by atoms with Gasteiger partial charge in [0.1, 0.15) is 5.82 Å². The van der Waals surface area contributed by atoms with Crippen LogP contribution in [0.5, 0.6) is 0 Å². The predicted molar refractivity (Wildman–Crippen MR) is 55.8 cm³/mol. The largest absolute Gasteiger partial charge is 0.384 e. The second-order valence-electron chi connectivity index (χ2n) is 2.26. The average Bonchev–Trinajstić information content (AvgIpc) is 1.85. The standard InChI is InChI=1S/C7H11N3.2ClH/c1-5-2-6(4-8)10-7(9)3-5;;/h2-3H,4,8H2,1H3,(H2,9,10);2*1H. The van der Waals surface area contributed by atoms with E-state index >= 15 is 0 Å². The zero-order valence-electron chi connectivity index (χ0n) is 6.78. The molecule has 0 amide bonds. The number of rotatable bonds is 1. The minimum absolute atomic E-state index is 0. The maximum atomic E-state index is 5.47. The number of nitrogens with zero attached hydrogens (tertiary/aromatic N) is 1. The predicted octanol–water partition coefficient (Wildman–Crippen LogP) is 1.27. The van der Waals surface area contributed by atoms with Gasteiger partial charge in [-0.25, -0.2) is 4.98 Å². The Bertz CT molecular complexity index is 220. The summed E-state index contributed by atoms with van der Waals surface area (Å²) in [6.45, 7) is 2.42. The van der Waals surface area contributed by atoms with E-state index in [0.29, 0.717) is 12.4 Å². The Kier molecular flexibility index (Phi) is 7.09. The lowest BCUT2D eigenvalue weighted by Gasteiger charge is -1.99. The van der Waals surface area contributed by atoms with Crippen LogP contribution in [-0.2, 0) is 6.54 Å². The zero-order chi connectivity index (χ0) is 7.56. The molecule has 1 heterocycles. The lowest BCUT2D eigenvalue weighted by Crippen LogP contribution is -2.02. The number of hydrogen-bond donors (Lipinski definition) is 2. The van der Waals surface area contributed by atoms with Crippen LogP contribution in [0.25, 0.3) is 0 Å². The van der Waals surface area contributed by atoms with Crippen molar-refractivity contribution < 1.29 is 0 Å². The van der Waals surface area contributed by atoms with Gasteiger partial charge in [0.2, 0.25) is 0 Å². The number of aryl methyl sites for hydroxylation is 1. The number of hydrogen-bond acceptors (Lipinski definition) is 3. The third-order valence-electron chi connectivity index (χ3n) is 1.25. The molecule has 70 valence electrons. The van der Waals surface area contributed by atoms with Crippen LogP contribution in [0.3, 0.4) is 0 Å². The molecule has 1 rings (SSSR count). The van der Waals surface area contributed by atoms with E-state index in [9.17, 15) is 0 Å². The fourth-order valence-electron chi connectivity index (χ4n) is 0.873. The van der Waals surface area contributed by atoms with E-state index in [1.54, 1.807) is 0 Å². The number of pyridine rings is 1. The Balaban J connectivity index is 0. The maximum Gasteiger partial charge on any atom is 0.123 e. The topological polar surface area (TPSA) is 64.9 Å². The van der Waals surface area contributed by atoms with Gasteiger partial charge in [-0.2, -0.15) is 0 Å². The molecule has 0 bridgehead atoms. The highest BCUT2D eigenvalue weighted by atomic mass is 35.5. The molecule has 0 atom stereocenters. The molecule has 0 aliphatic carbocycles. The van der Waals surface area contributed by atoms with Gasteiger partial charge in [-0.05, 0) is 24.6 Å². The minimum atomic E-state index is 0. The quantitative estimate of drug-likeness (QED) is 0.733. The Labute approximate surface area is 84.4 Å². The van der Waals surface area contributed by atoms with Gasteiger partial charge in [0.05, 0.1) is 5.69 Å². The molecule has 0 aliphatic heterocycles. The second-order valence-corrected chi connectivity index (χ2v) is 2.26. The number of nitrogens with two attached hydrogens (primary N) is 2. The van der Waals surface area contributed by atoms with Crippen LogP contribution in [0.2, 0.25) is 0 Å². The summed E-state index contributed by atoms with van der Waals surface area (Å²) in [6, 6.07) is 3.75. The van der Waals surface area contributed by atoms with Crippen molar-refractivity contribution in [3.05, 3.63) is 23.4 Å². The molecule has 3 nitrogen and oxygen atoms in total. The molecule has 1 aromatic rings. The van der Waals surface area contributed by atoms with E-state index in [-0.39, 0.29) is 24.8 Å². The first-order valence-electron chi connectivity index (χ1n) is 3.15. The Morgan fingerprint density at radius 2 is 1.92 bits per heavy atom. The Morgan fingerprint density at radius 3 is 2.33 bits per heavy atom. The van der Waals surface area contributed by atoms with Crippen LogP contribution >= 0.6 is 24.8 Å². The van der Waals surface area contributed by atoms with E-state index in [0.717, 1.165) is 11.3 Å². The molecule has 0 saturated heterocycles. The van der Waals surface area contributed by atoms with E-state index in [2.05, 4.69) is 4.98 Å². The van der Waals surface area contributed by atoms with Crippen molar-refractivity contribution in [3.63, 3.8) is 0 Å². The number of anilines is 1. The summed E-state index contributed by atoms with van der Waals surface area (Å²) >= 11 is 0. The highest BCUT2D eigenvalue weighted by Crippen LogP contribution is 2.04. The van der Waals surface area contributed by atoms with Crippen molar-refractivity contribution in [2.45, 2.75) is 13.5 Å². The van der Waals surface area contributed by atoms with Crippen molar-refractivity contribution in [3.8, 4) is 0 Å². The summed E-state index contributed by atoms with van der Waals surface area (Å²) < 4.78 is 0. The Morgan fingerprint density at radius 1 is 1.33 bits per heavy atom. The third-order valence-corrected chi connectivity index (χ3v) is 1.25. The normalized spacial score (nSPS) is 8.17. The van der Waals surface area contributed by atoms with Crippen LogP contribution in [0.4, 0.5) is 5.82 Å². The fourth-order valence-corrected chi connectivity index (χ4v) is 0.873. The maximum absolute atomic E-state index is 5.47. The molecule has 0 radical (unpaired) electrons. The van der Waals surface area contributed by atoms with Gasteiger partial charge in [0, 0.05) is 6.54 Å². The first kappa shape index (κ1) is 14.0. The fraction of sp³-hybridized carbons (Fsp3) is 0.286. The van der Waals surface area contributed by atoms with E-state index in [1.165, 1.54) is 0 Å². The molecule has 12 heavy (non-hydrogen) atoms. The van der Waals surface area contributed by atoms with E-state index < -0.39 is 0 Å². The summed E-state index contributed by atoms with van der Waals surface area (Å²) in [7, 11) is 0. The molecule has 0 spiro atoms. The smallest absolute Gasteiger partial charge is 0.123 e. The molecule has 4 N–H and O–H groups in total. The number of aromatic nitrogens is 1. The van der Waals surface area contributed by atoms with Gasteiger partial charge in [0.15, 0.2) is 0 Å². The summed E-state index contributed by atoms with van der Waals surface area (Å²) in [5.74, 6) is 0.542. The van der Waals surface area contributed by atoms with Crippen molar-refractivity contribution >= 4 is 30.6 Å². The molecule has 0 fully saturated rings. The molecule has 1 aromatic heterocycles. The monoisotopic (exact) mass is 209 g/mol.